The highest BCUT2D eigenvalue weighted by molar-refractivity contribution is 5.37. The summed E-state index contributed by atoms with van der Waals surface area (Å²) in [6.07, 6.45) is 1.13. The largest absolute Gasteiger partial charge is 0.354 e. The number of likely N-dealkylation sites (N-methyl/N-ethyl adjacent to an activating group) is 1. The molecule has 0 spiro atoms. The molecule has 0 aliphatic rings. The van der Waals surface area contributed by atoms with Crippen LogP contribution in [0, 0.1) is 0 Å². The third-order valence-electron chi connectivity index (χ3n) is 2.34. The van der Waals surface area contributed by atoms with Crippen LogP contribution in [0.2, 0.25) is 0 Å². The van der Waals surface area contributed by atoms with Gasteiger partial charge in [-0.2, -0.15) is 5.10 Å². The first-order valence-corrected chi connectivity index (χ1v) is 6.02. The van der Waals surface area contributed by atoms with Crippen LogP contribution in [0.1, 0.15) is 26.0 Å². The van der Waals surface area contributed by atoms with Crippen molar-refractivity contribution in [2.24, 2.45) is 0 Å². The maximum absolute atomic E-state index is 4.21. The molecule has 94 valence electrons. The van der Waals surface area contributed by atoms with Crippen LogP contribution in [0.25, 0.3) is 0 Å². The molecular weight excluding hydrogens is 212 g/mol. The van der Waals surface area contributed by atoms with E-state index in [4.69, 9.17) is 0 Å². The number of nitrogens with one attached hydrogen (secondary N) is 1. The van der Waals surface area contributed by atoms with Gasteiger partial charge < -0.3 is 10.2 Å². The smallest absolute Gasteiger partial charge is 0.151 e. The Morgan fingerprint density at radius 3 is 2.71 bits per heavy atom. The molecular formula is C13H22N4. The minimum absolute atomic E-state index is 0.783. The van der Waals surface area contributed by atoms with Gasteiger partial charge >= 0.3 is 0 Å². The lowest BCUT2D eigenvalue weighted by molar-refractivity contribution is 0.656. The minimum Gasteiger partial charge on any atom is -0.354 e. The van der Waals surface area contributed by atoms with E-state index in [1.807, 2.05) is 31.0 Å². The summed E-state index contributed by atoms with van der Waals surface area (Å²) in [4.78, 5) is 2.04. The highest BCUT2D eigenvalue weighted by Gasteiger charge is 2.03. The SMILES string of the molecule is C=C(C)CN(C)c1ccc(CNCCC)nn1. The zero-order valence-corrected chi connectivity index (χ0v) is 11.0. The molecule has 0 bridgehead atoms. The molecule has 1 aromatic rings. The van der Waals surface area contributed by atoms with Crippen molar-refractivity contribution >= 4 is 5.82 Å². The fraction of sp³-hybridized carbons (Fsp3) is 0.538. The van der Waals surface area contributed by atoms with Gasteiger partial charge in [-0.3, -0.25) is 0 Å². The highest BCUT2D eigenvalue weighted by Crippen LogP contribution is 2.08. The molecule has 17 heavy (non-hydrogen) atoms. The average molecular weight is 234 g/mol. The van der Waals surface area contributed by atoms with E-state index in [-0.39, 0.29) is 0 Å². The van der Waals surface area contributed by atoms with Gasteiger partial charge in [0, 0.05) is 20.1 Å². The summed E-state index contributed by atoms with van der Waals surface area (Å²) in [7, 11) is 1.99. The van der Waals surface area contributed by atoms with Gasteiger partial charge in [0.1, 0.15) is 0 Å². The monoisotopic (exact) mass is 234 g/mol. The van der Waals surface area contributed by atoms with Gasteiger partial charge in [-0.25, -0.2) is 0 Å². The quantitative estimate of drug-likeness (QED) is 0.578. The topological polar surface area (TPSA) is 41.0 Å². The Hall–Kier alpha value is -1.42. The predicted molar refractivity (Wildman–Crippen MR) is 72.1 cm³/mol. The Kier molecular flexibility index (Phi) is 5.63. The Bertz CT molecular complexity index is 345. The van der Waals surface area contributed by atoms with Gasteiger partial charge in [0.25, 0.3) is 0 Å². The molecule has 1 aromatic heterocycles. The molecule has 0 atom stereocenters. The van der Waals surface area contributed by atoms with Crippen molar-refractivity contribution < 1.29 is 0 Å². The molecule has 1 rings (SSSR count). The van der Waals surface area contributed by atoms with Gasteiger partial charge in [0.05, 0.1) is 5.69 Å². The zero-order valence-electron chi connectivity index (χ0n) is 11.0. The van der Waals surface area contributed by atoms with Crippen LogP contribution in [-0.2, 0) is 6.54 Å². The minimum atomic E-state index is 0.783. The van der Waals surface area contributed by atoms with E-state index in [1.165, 1.54) is 0 Å². The van der Waals surface area contributed by atoms with Crippen LogP contribution in [-0.4, -0.2) is 30.3 Å². The Morgan fingerprint density at radius 1 is 1.41 bits per heavy atom. The summed E-state index contributed by atoms with van der Waals surface area (Å²) < 4.78 is 0. The Morgan fingerprint density at radius 2 is 2.18 bits per heavy atom. The van der Waals surface area contributed by atoms with Crippen LogP contribution in [0.3, 0.4) is 0 Å². The second-order valence-electron chi connectivity index (χ2n) is 4.37. The fourth-order valence-corrected chi connectivity index (χ4v) is 1.53. The normalized spacial score (nSPS) is 10.3. The Labute approximate surface area is 104 Å². The van der Waals surface area contributed by atoms with E-state index in [0.29, 0.717) is 0 Å². The molecule has 4 heteroatoms. The molecule has 1 heterocycles. The number of rotatable bonds is 7. The maximum Gasteiger partial charge on any atom is 0.151 e. The molecule has 0 fully saturated rings. The average Bonchev–Trinajstić information content (AvgIpc) is 2.29. The molecule has 0 radical (unpaired) electrons. The zero-order chi connectivity index (χ0) is 12.7. The van der Waals surface area contributed by atoms with Crippen LogP contribution in [0.4, 0.5) is 5.82 Å². The lowest BCUT2D eigenvalue weighted by Crippen LogP contribution is -2.21. The molecule has 0 aliphatic carbocycles. The molecule has 0 amide bonds. The van der Waals surface area contributed by atoms with E-state index in [9.17, 15) is 0 Å². The van der Waals surface area contributed by atoms with E-state index in [0.717, 1.165) is 43.1 Å². The van der Waals surface area contributed by atoms with Crippen molar-refractivity contribution in [3.8, 4) is 0 Å². The number of aromatic nitrogens is 2. The summed E-state index contributed by atoms with van der Waals surface area (Å²) in [6.45, 7) is 10.6. The lowest BCUT2D eigenvalue weighted by Gasteiger charge is -2.17. The van der Waals surface area contributed by atoms with E-state index < -0.39 is 0 Å². The molecule has 0 saturated heterocycles. The fourth-order valence-electron chi connectivity index (χ4n) is 1.53. The van der Waals surface area contributed by atoms with E-state index in [2.05, 4.69) is 29.0 Å². The van der Waals surface area contributed by atoms with Gasteiger partial charge in [-0.15, -0.1) is 5.10 Å². The molecule has 0 aliphatic heterocycles. The molecule has 0 aromatic carbocycles. The van der Waals surface area contributed by atoms with Crippen LogP contribution >= 0.6 is 0 Å². The summed E-state index contributed by atoms with van der Waals surface area (Å²) in [5.74, 6) is 0.882. The third-order valence-corrected chi connectivity index (χ3v) is 2.34. The number of hydrogen-bond acceptors (Lipinski definition) is 4. The van der Waals surface area contributed by atoms with E-state index in [1.54, 1.807) is 0 Å². The second kappa shape index (κ2) is 7.01. The van der Waals surface area contributed by atoms with Crippen LogP contribution < -0.4 is 10.2 Å². The number of nitrogens with zero attached hydrogens (tertiary/aromatic N) is 3. The first-order valence-electron chi connectivity index (χ1n) is 6.02. The summed E-state index contributed by atoms with van der Waals surface area (Å²) >= 11 is 0. The van der Waals surface area contributed by atoms with Gasteiger partial charge in [0.15, 0.2) is 5.82 Å². The van der Waals surface area contributed by atoms with Crippen LogP contribution in [0.15, 0.2) is 24.3 Å². The van der Waals surface area contributed by atoms with E-state index >= 15 is 0 Å². The number of hydrogen-bond donors (Lipinski definition) is 1. The summed E-state index contributed by atoms with van der Waals surface area (Å²) in [5.41, 5.74) is 2.09. The van der Waals surface area contributed by atoms with Crippen molar-refractivity contribution in [3.63, 3.8) is 0 Å². The predicted octanol–water partition coefficient (Wildman–Crippen LogP) is 1.99. The Balaban J connectivity index is 2.52. The summed E-state index contributed by atoms with van der Waals surface area (Å²) in [5, 5.41) is 11.7. The van der Waals surface area contributed by atoms with Crippen molar-refractivity contribution in [2.45, 2.75) is 26.8 Å². The van der Waals surface area contributed by atoms with Gasteiger partial charge in [0.2, 0.25) is 0 Å². The second-order valence-corrected chi connectivity index (χ2v) is 4.37. The van der Waals surface area contributed by atoms with Gasteiger partial charge in [-0.1, -0.05) is 19.1 Å². The van der Waals surface area contributed by atoms with Crippen molar-refractivity contribution in [2.75, 3.05) is 25.0 Å². The van der Waals surface area contributed by atoms with Crippen molar-refractivity contribution in [1.29, 1.82) is 0 Å². The molecule has 0 unspecified atom stereocenters. The van der Waals surface area contributed by atoms with Crippen molar-refractivity contribution in [1.82, 2.24) is 15.5 Å². The molecule has 0 saturated carbocycles. The van der Waals surface area contributed by atoms with Crippen LogP contribution in [0.5, 0.6) is 0 Å². The number of anilines is 1. The third kappa shape index (κ3) is 4.95. The highest BCUT2D eigenvalue weighted by atomic mass is 15.2. The molecule has 4 nitrogen and oxygen atoms in total. The molecule has 1 N–H and O–H groups in total. The summed E-state index contributed by atoms with van der Waals surface area (Å²) in [6, 6.07) is 4.01. The maximum atomic E-state index is 4.21. The lowest BCUT2D eigenvalue weighted by atomic mass is 10.3. The first-order chi connectivity index (χ1) is 8.13. The van der Waals surface area contributed by atoms with Gasteiger partial charge in [-0.05, 0) is 32.0 Å². The first kappa shape index (κ1) is 13.6. The standard InChI is InChI=1S/C13H22N4/c1-5-8-14-9-12-6-7-13(16-15-12)17(4)10-11(2)3/h6-7,14H,2,5,8-10H2,1,3-4H3. The van der Waals surface area contributed by atoms with Crippen molar-refractivity contribution in [3.05, 3.63) is 30.0 Å².